The van der Waals surface area contributed by atoms with E-state index in [9.17, 15) is 4.79 Å². The van der Waals surface area contributed by atoms with Gasteiger partial charge in [0.05, 0.1) is 23.9 Å². The Hall–Kier alpha value is -2.51. The van der Waals surface area contributed by atoms with E-state index in [0.717, 1.165) is 26.5 Å². The zero-order valence-corrected chi connectivity index (χ0v) is 20.0. The number of hydrogen-bond acceptors (Lipinski definition) is 6. The van der Waals surface area contributed by atoms with Crippen LogP contribution in [0.2, 0.25) is 0 Å². The molecule has 160 valence electrons. The minimum atomic E-state index is -0.386. The normalized spacial score (nSPS) is 17.5. The van der Waals surface area contributed by atoms with Crippen LogP contribution >= 0.6 is 27.7 Å². The van der Waals surface area contributed by atoms with E-state index in [2.05, 4.69) is 52.1 Å². The van der Waals surface area contributed by atoms with Gasteiger partial charge in [0, 0.05) is 16.2 Å². The number of allylic oxidation sites excluding steroid dienone is 1. The summed E-state index contributed by atoms with van der Waals surface area (Å²) in [6, 6.07) is 13.8. The third kappa shape index (κ3) is 4.57. The maximum absolute atomic E-state index is 12.9. The van der Waals surface area contributed by atoms with Crippen LogP contribution in [0.4, 0.5) is 0 Å². The number of amidine groups is 1. The number of rotatable bonds is 6. The van der Waals surface area contributed by atoms with Crippen molar-refractivity contribution in [2.75, 3.05) is 6.61 Å². The number of thioether (sulfide) groups is 1. The van der Waals surface area contributed by atoms with Crippen LogP contribution in [0.1, 0.15) is 36.6 Å². The molecule has 0 aromatic heterocycles. The molecule has 2 heterocycles. The van der Waals surface area contributed by atoms with Gasteiger partial charge < -0.3 is 14.4 Å². The molecule has 2 aromatic carbocycles. The van der Waals surface area contributed by atoms with Gasteiger partial charge in [0.2, 0.25) is 0 Å². The minimum Gasteiger partial charge on any atom is -0.489 e. The van der Waals surface area contributed by atoms with Crippen molar-refractivity contribution in [3.63, 3.8) is 0 Å². The van der Waals surface area contributed by atoms with Crippen LogP contribution in [-0.2, 0) is 16.1 Å². The number of nitrogens with zero attached hydrogens (tertiary/aromatic N) is 2. The Morgan fingerprint density at radius 3 is 2.71 bits per heavy atom. The number of benzene rings is 2. The number of carbonyl (C=O) groups is 1. The predicted molar refractivity (Wildman–Crippen MR) is 128 cm³/mol. The van der Waals surface area contributed by atoms with Crippen LogP contribution in [0.3, 0.4) is 0 Å². The van der Waals surface area contributed by atoms with Gasteiger partial charge in [-0.15, -0.1) is 0 Å². The molecule has 0 saturated heterocycles. The van der Waals surface area contributed by atoms with Gasteiger partial charge in [0.15, 0.2) is 5.17 Å². The Labute approximate surface area is 195 Å². The molecule has 7 heteroatoms. The summed E-state index contributed by atoms with van der Waals surface area (Å²) in [6.45, 7) is 6.46. The Balaban J connectivity index is 1.74. The van der Waals surface area contributed by atoms with Crippen molar-refractivity contribution < 1.29 is 14.3 Å². The Kier molecular flexibility index (Phi) is 6.53. The van der Waals surface area contributed by atoms with Gasteiger partial charge in [0.25, 0.3) is 0 Å². The lowest BCUT2D eigenvalue weighted by Gasteiger charge is -2.34. The van der Waals surface area contributed by atoms with Crippen molar-refractivity contribution >= 4 is 38.8 Å². The number of aliphatic imine (C=N–C) groups is 1. The number of ether oxygens (including phenoxy) is 2. The summed E-state index contributed by atoms with van der Waals surface area (Å²) < 4.78 is 12.5. The van der Waals surface area contributed by atoms with Crippen LogP contribution in [0.5, 0.6) is 5.75 Å². The third-order valence-corrected chi connectivity index (χ3v) is 6.36. The molecule has 4 rings (SSSR count). The highest BCUT2D eigenvalue weighted by atomic mass is 79.9. The molecule has 2 aliphatic heterocycles. The minimum absolute atomic E-state index is 0.304. The van der Waals surface area contributed by atoms with Crippen LogP contribution in [-0.4, -0.2) is 22.6 Å². The van der Waals surface area contributed by atoms with Gasteiger partial charge in [-0.2, -0.15) is 0 Å². The van der Waals surface area contributed by atoms with Crippen molar-refractivity contribution in [3.8, 4) is 5.75 Å². The van der Waals surface area contributed by atoms with Crippen LogP contribution in [0.25, 0.3) is 0 Å². The monoisotopic (exact) mass is 498 g/mol. The van der Waals surface area contributed by atoms with E-state index in [1.165, 1.54) is 17.3 Å². The number of fused-ring (bicyclic) bond motifs is 1. The Bertz CT molecular complexity index is 1090. The fourth-order valence-electron chi connectivity index (χ4n) is 3.59. The molecule has 1 atom stereocenters. The van der Waals surface area contributed by atoms with E-state index in [4.69, 9.17) is 9.47 Å². The van der Waals surface area contributed by atoms with Gasteiger partial charge >= 0.3 is 5.97 Å². The molecule has 0 radical (unpaired) electrons. The maximum atomic E-state index is 12.9. The van der Waals surface area contributed by atoms with Crippen LogP contribution < -0.4 is 4.74 Å². The van der Waals surface area contributed by atoms with Crippen molar-refractivity contribution in [1.82, 2.24) is 4.90 Å². The third-order valence-electron chi connectivity index (χ3n) is 5.10. The largest absolute Gasteiger partial charge is 0.489 e. The number of halogens is 1. The molecule has 0 aliphatic carbocycles. The summed E-state index contributed by atoms with van der Waals surface area (Å²) in [6.07, 6.45) is 1.95. The first-order valence-electron chi connectivity index (χ1n) is 10.0. The van der Waals surface area contributed by atoms with Crippen LogP contribution in [0.15, 0.2) is 74.8 Å². The van der Waals surface area contributed by atoms with E-state index in [-0.39, 0.29) is 12.0 Å². The highest BCUT2D eigenvalue weighted by Crippen LogP contribution is 2.44. The summed E-state index contributed by atoms with van der Waals surface area (Å²) in [4.78, 5) is 19.6. The van der Waals surface area contributed by atoms with E-state index in [1.807, 2.05) is 41.6 Å². The molecule has 0 fully saturated rings. The van der Waals surface area contributed by atoms with Gasteiger partial charge in [-0.3, -0.25) is 0 Å². The van der Waals surface area contributed by atoms with E-state index < -0.39 is 0 Å². The topological polar surface area (TPSA) is 51.1 Å². The molecule has 0 unspecified atom stereocenters. The van der Waals surface area contributed by atoms with Crippen molar-refractivity contribution in [1.29, 1.82) is 0 Å². The number of esters is 1. The lowest BCUT2D eigenvalue weighted by molar-refractivity contribution is -0.139. The molecule has 2 aliphatic rings. The average Bonchev–Trinajstić information content (AvgIpc) is 3.21. The average molecular weight is 499 g/mol. The lowest BCUT2D eigenvalue weighted by Crippen LogP contribution is -2.34. The summed E-state index contributed by atoms with van der Waals surface area (Å²) in [5.41, 5.74) is 4.36. The summed E-state index contributed by atoms with van der Waals surface area (Å²) in [5.74, 6) is 0.359. The predicted octanol–water partition coefficient (Wildman–Crippen LogP) is 6.10. The maximum Gasteiger partial charge on any atom is 0.338 e. The second kappa shape index (κ2) is 9.32. The number of carbonyl (C=O) groups excluding carboxylic acids is 1. The molecular formula is C24H23BrN2O3S. The summed E-state index contributed by atoms with van der Waals surface area (Å²) in [5, 5.41) is 2.80. The first-order chi connectivity index (χ1) is 15.0. The van der Waals surface area contributed by atoms with E-state index in [0.29, 0.717) is 24.5 Å². The molecular weight excluding hydrogens is 476 g/mol. The van der Waals surface area contributed by atoms with Crippen LogP contribution in [0, 0.1) is 6.92 Å². The molecule has 0 saturated carbocycles. The van der Waals surface area contributed by atoms with Gasteiger partial charge in [-0.05, 0) is 49.9 Å². The highest BCUT2D eigenvalue weighted by molar-refractivity contribution is 9.10. The first-order valence-corrected chi connectivity index (χ1v) is 11.7. The Morgan fingerprint density at radius 1 is 1.19 bits per heavy atom. The summed E-state index contributed by atoms with van der Waals surface area (Å²) >= 11 is 5.12. The summed E-state index contributed by atoms with van der Waals surface area (Å²) in [7, 11) is 0. The quantitative estimate of drug-likeness (QED) is 0.450. The second-order valence-corrected chi connectivity index (χ2v) is 9.07. The fourth-order valence-corrected chi connectivity index (χ4v) is 4.76. The first kappa shape index (κ1) is 21.7. The number of hydrogen-bond donors (Lipinski definition) is 0. The zero-order chi connectivity index (χ0) is 22.0. The molecule has 2 aromatic rings. The molecule has 0 spiro atoms. The Morgan fingerprint density at radius 2 is 1.97 bits per heavy atom. The second-order valence-electron chi connectivity index (χ2n) is 7.28. The van der Waals surface area contributed by atoms with E-state index in [1.54, 1.807) is 6.92 Å². The van der Waals surface area contributed by atoms with Crippen molar-refractivity contribution in [3.05, 3.63) is 86.5 Å². The molecule has 5 nitrogen and oxygen atoms in total. The van der Waals surface area contributed by atoms with Gasteiger partial charge in [-0.1, -0.05) is 57.5 Å². The smallest absolute Gasteiger partial charge is 0.338 e. The SMILES string of the molecule is CCOC(=O)C1=C(C)N=C2SC=CN2[C@@H]1c1cc(Br)ccc1OCc1ccc(C)cc1. The molecule has 0 bridgehead atoms. The zero-order valence-electron chi connectivity index (χ0n) is 17.6. The highest BCUT2D eigenvalue weighted by Gasteiger charge is 2.39. The van der Waals surface area contributed by atoms with Gasteiger partial charge in [-0.25, -0.2) is 9.79 Å². The van der Waals surface area contributed by atoms with Gasteiger partial charge in [0.1, 0.15) is 12.4 Å². The van der Waals surface area contributed by atoms with E-state index >= 15 is 0 Å². The van der Waals surface area contributed by atoms with Crippen molar-refractivity contribution in [2.45, 2.75) is 33.4 Å². The molecule has 0 N–H and O–H groups in total. The standard InChI is InChI=1S/C24H23BrN2O3S/c1-4-29-23(28)21-16(3)26-24-27(11-12-31-24)22(21)19-13-18(25)9-10-20(19)30-14-17-7-5-15(2)6-8-17/h5-13,22H,4,14H2,1-3H3/t22-/m1/s1. The van der Waals surface area contributed by atoms with Crippen molar-refractivity contribution in [2.24, 2.45) is 4.99 Å². The lowest BCUT2D eigenvalue weighted by atomic mass is 9.94. The molecule has 31 heavy (non-hydrogen) atoms. The molecule has 0 amide bonds. The number of aryl methyl sites for hydroxylation is 1. The fraction of sp³-hybridized carbons (Fsp3) is 0.250.